The lowest BCUT2D eigenvalue weighted by Gasteiger charge is -2.13. The fourth-order valence-electron chi connectivity index (χ4n) is 2.79. The Kier molecular flexibility index (Phi) is 3.57. The van der Waals surface area contributed by atoms with Gasteiger partial charge < -0.3 is 4.90 Å². The van der Waals surface area contributed by atoms with Crippen LogP contribution in [0.3, 0.4) is 0 Å². The summed E-state index contributed by atoms with van der Waals surface area (Å²) in [6.07, 6.45) is 3.72. The van der Waals surface area contributed by atoms with Crippen LogP contribution in [0.15, 0.2) is 36.5 Å². The number of benzene rings is 1. The third-order valence-corrected chi connectivity index (χ3v) is 5.03. The number of hydrogen-bond acceptors (Lipinski definition) is 4. The normalized spacial score (nSPS) is 12.4. The van der Waals surface area contributed by atoms with E-state index >= 15 is 0 Å². The molecule has 1 N–H and O–H groups in total. The molecule has 0 radical (unpaired) electrons. The second kappa shape index (κ2) is 5.76. The Hall–Kier alpha value is -2.67. The second-order valence-corrected chi connectivity index (χ2v) is 6.88. The minimum atomic E-state index is -0.169. The maximum absolute atomic E-state index is 11.9. The number of nitrogens with one attached hydrogen (secondary N) is 1. The van der Waals surface area contributed by atoms with Crippen molar-refractivity contribution in [3.05, 3.63) is 47.8 Å². The quantitative estimate of drug-likeness (QED) is 0.780. The number of carbonyl (C=O) groups is 1. The Morgan fingerprint density at radius 1 is 1.25 bits per heavy atom. The average Bonchev–Trinajstić information content (AvgIpc) is 3.18. The molecule has 3 aromatic rings. The minimum absolute atomic E-state index is 0.169. The summed E-state index contributed by atoms with van der Waals surface area (Å²) in [7, 11) is 3.43. The molecular weight excluding hydrogens is 322 g/mol. The van der Waals surface area contributed by atoms with Gasteiger partial charge in [-0.15, -0.1) is 0 Å². The van der Waals surface area contributed by atoms with E-state index < -0.39 is 0 Å². The van der Waals surface area contributed by atoms with Gasteiger partial charge in [-0.3, -0.25) is 5.32 Å². The zero-order chi connectivity index (χ0) is 16.7. The zero-order valence-corrected chi connectivity index (χ0v) is 14.3. The van der Waals surface area contributed by atoms with Gasteiger partial charge in [-0.25, -0.2) is 14.5 Å². The first-order valence-corrected chi connectivity index (χ1v) is 8.56. The molecule has 4 rings (SSSR count). The van der Waals surface area contributed by atoms with Crippen molar-refractivity contribution in [2.24, 2.45) is 0 Å². The van der Waals surface area contributed by atoms with E-state index in [2.05, 4.69) is 15.4 Å². The third-order valence-electron chi connectivity index (χ3n) is 4.01. The summed E-state index contributed by atoms with van der Waals surface area (Å²) < 4.78 is 1.96. The van der Waals surface area contributed by atoms with Crippen LogP contribution in [0.4, 0.5) is 9.93 Å². The summed E-state index contributed by atoms with van der Waals surface area (Å²) in [5.74, 6) is 0. The first-order chi connectivity index (χ1) is 11.6. The van der Waals surface area contributed by atoms with Crippen LogP contribution < -0.4 is 5.32 Å². The Bertz CT molecular complexity index is 897. The van der Waals surface area contributed by atoms with Gasteiger partial charge >= 0.3 is 6.03 Å². The van der Waals surface area contributed by atoms with Crippen molar-refractivity contribution < 1.29 is 4.79 Å². The molecule has 2 amide bonds. The largest absolute Gasteiger partial charge is 0.331 e. The van der Waals surface area contributed by atoms with Crippen molar-refractivity contribution >= 4 is 22.5 Å². The van der Waals surface area contributed by atoms with Gasteiger partial charge in [0, 0.05) is 14.1 Å². The standard InChI is InChI=1S/C17H17N5OS/c1-21(2)17(23)20-16-19-13-9-8-11-10-18-22(14(11)15(13)24-16)12-6-4-3-5-7-12/h3-7,10H,8-9H2,1-2H3,(H,19,20,23). The summed E-state index contributed by atoms with van der Waals surface area (Å²) >= 11 is 1.51. The number of aryl methyl sites for hydroxylation is 2. The molecular formula is C17H17N5OS. The van der Waals surface area contributed by atoms with E-state index in [1.807, 2.05) is 41.2 Å². The van der Waals surface area contributed by atoms with E-state index in [0.29, 0.717) is 5.13 Å². The van der Waals surface area contributed by atoms with E-state index in [9.17, 15) is 4.79 Å². The maximum atomic E-state index is 11.9. The lowest BCUT2D eigenvalue weighted by atomic mass is 10.0. The number of hydrogen-bond donors (Lipinski definition) is 1. The minimum Gasteiger partial charge on any atom is -0.331 e. The summed E-state index contributed by atoms with van der Waals surface area (Å²) in [6.45, 7) is 0. The first kappa shape index (κ1) is 14.9. The Labute approximate surface area is 143 Å². The summed E-state index contributed by atoms with van der Waals surface area (Å²) in [6, 6.07) is 9.91. The zero-order valence-electron chi connectivity index (χ0n) is 13.5. The van der Waals surface area contributed by atoms with Crippen LogP contribution in [0.1, 0.15) is 11.3 Å². The predicted molar refractivity (Wildman–Crippen MR) is 94.8 cm³/mol. The molecule has 0 atom stereocenters. The molecule has 7 heteroatoms. The molecule has 0 unspecified atom stereocenters. The fraction of sp³-hybridized carbons (Fsp3) is 0.235. The van der Waals surface area contributed by atoms with Crippen molar-refractivity contribution in [3.63, 3.8) is 0 Å². The molecule has 122 valence electrons. The molecule has 0 saturated carbocycles. The van der Waals surface area contributed by atoms with Gasteiger partial charge in [0.05, 0.1) is 28.1 Å². The highest BCUT2D eigenvalue weighted by Gasteiger charge is 2.26. The average molecular weight is 339 g/mol. The first-order valence-electron chi connectivity index (χ1n) is 7.74. The van der Waals surface area contributed by atoms with Crippen molar-refractivity contribution in [2.45, 2.75) is 12.8 Å². The van der Waals surface area contributed by atoms with Crippen molar-refractivity contribution in [2.75, 3.05) is 19.4 Å². The van der Waals surface area contributed by atoms with Crippen molar-refractivity contribution in [1.29, 1.82) is 0 Å². The van der Waals surface area contributed by atoms with Crippen molar-refractivity contribution in [3.8, 4) is 16.3 Å². The summed E-state index contributed by atoms with van der Waals surface area (Å²) in [5.41, 5.74) is 4.36. The molecule has 1 aliphatic carbocycles. The maximum Gasteiger partial charge on any atom is 0.323 e. The van der Waals surface area contributed by atoms with Crippen LogP contribution in [-0.2, 0) is 12.8 Å². The number of aromatic nitrogens is 3. The number of nitrogens with zero attached hydrogens (tertiary/aromatic N) is 4. The molecule has 24 heavy (non-hydrogen) atoms. The lowest BCUT2D eigenvalue weighted by molar-refractivity contribution is 0.230. The molecule has 2 heterocycles. The highest BCUT2D eigenvalue weighted by atomic mass is 32.1. The number of urea groups is 1. The summed E-state index contributed by atoms with van der Waals surface area (Å²) in [4.78, 5) is 19.1. The Morgan fingerprint density at radius 3 is 2.79 bits per heavy atom. The SMILES string of the molecule is CN(C)C(=O)Nc1nc2c(s1)-c1c(cnn1-c1ccccc1)CC2. The number of rotatable bonds is 2. The van der Waals surface area contributed by atoms with Crippen LogP contribution in [-0.4, -0.2) is 39.8 Å². The van der Waals surface area contributed by atoms with E-state index in [1.54, 1.807) is 14.1 Å². The van der Waals surface area contributed by atoms with E-state index in [-0.39, 0.29) is 6.03 Å². The highest BCUT2D eigenvalue weighted by Crippen LogP contribution is 2.40. The smallest absolute Gasteiger partial charge is 0.323 e. The van der Waals surface area contributed by atoms with Gasteiger partial charge in [0.15, 0.2) is 5.13 Å². The number of para-hydroxylation sites is 1. The van der Waals surface area contributed by atoms with E-state index in [0.717, 1.165) is 34.8 Å². The molecule has 6 nitrogen and oxygen atoms in total. The predicted octanol–water partition coefficient (Wildman–Crippen LogP) is 3.19. The highest BCUT2D eigenvalue weighted by molar-refractivity contribution is 7.19. The fourth-order valence-corrected chi connectivity index (χ4v) is 3.86. The van der Waals surface area contributed by atoms with Crippen LogP contribution in [0.2, 0.25) is 0 Å². The second-order valence-electron chi connectivity index (χ2n) is 5.89. The topological polar surface area (TPSA) is 63.1 Å². The van der Waals surface area contributed by atoms with Gasteiger partial charge in [0.25, 0.3) is 0 Å². The number of anilines is 1. The van der Waals surface area contributed by atoms with Crippen LogP contribution in [0.25, 0.3) is 16.3 Å². The molecule has 0 saturated heterocycles. The lowest BCUT2D eigenvalue weighted by Crippen LogP contribution is -2.27. The monoisotopic (exact) mass is 339 g/mol. The van der Waals surface area contributed by atoms with E-state index in [1.165, 1.54) is 21.8 Å². The number of fused-ring (bicyclic) bond motifs is 3. The molecule has 2 aromatic heterocycles. The summed E-state index contributed by atoms with van der Waals surface area (Å²) in [5, 5.41) is 8.04. The molecule has 0 aliphatic heterocycles. The number of carbonyl (C=O) groups excluding carboxylic acids is 1. The Balaban J connectivity index is 1.76. The van der Waals surface area contributed by atoms with Gasteiger partial charge in [-0.2, -0.15) is 5.10 Å². The van der Waals surface area contributed by atoms with Gasteiger partial charge in [-0.05, 0) is 30.5 Å². The molecule has 1 aliphatic rings. The van der Waals surface area contributed by atoms with Crippen LogP contribution in [0, 0.1) is 0 Å². The van der Waals surface area contributed by atoms with Crippen LogP contribution >= 0.6 is 11.3 Å². The van der Waals surface area contributed by atoms with Gasteiger partial charge in [0.2, 0.25) is 0 Å². The molecule has 0 spiro atoms. The number of amides is 2. The third kappa shape index (κ3) is 2.46. The molecule has 0 fully saturated rings. The number of thiazole rings is 1. The Morgan fingerprint density at radius 2 is 2.04 bits per heavy atom. The van der Waals surface area contributed by atoms with Gasteiger partial charge in [0.1, 0.15) is 0 Å². The van der Waals surface area contributed by atoms with Crippen molar-refractivity contribution in [1.82, 2.24) is 19.7 Å². The molecule has 1 aromatic carbocycles. The van der Waals surface area contributed by atoms with Gasteiger partial charge in [-0.1, -0.05) is 29.5 Å². The molecule has 0 bridgehead atoms. The van der Waals surface area contributed by atoms with E-state index in [4.69, 9.17) is 0 Å². The van der Waals surface area contributed by atoms with Crippen LogP contribution in [0.5, 0.6) is 0 Å².